The molecule has 1 rings (SSSR count). The predicted molar refractivity (Wildman–Crippen MR) is 64.6 cm³/mol. The number of ether oxygens (including phenoxy) is 1. The van der Waals surface area contributed by atoms with Crippen LogP contribution >= 0.6 is 10.7 Å². The molecule has 90 valence electrons. The molecule has 0 atom stereocenters. The normalized spacial score (nSPS) is 11.8. The van der Waals surface area contributed by atoms with E-state index in [4.69, 9.17) is 15.4 Å². The first-order valence-electron chi connectivity index (χ1n) is 4.99. The van der Waals surface area contributed by atoms with Gasteiger partial charge in [-0.3, -0.25) is 0 Å². The molecule has 0 saturated carbocycles. The van der Waals surface area contributed by atoms with E-state index in [2.05, 4.69) is 0 Å². The molecule has 0 spiro atoms. The van der Waals surface area contributed by atoms with Crippen LogP contribution in [0.3, 0.4) is 0 Å². The second-order valence-corrected chi connectivity index (χ2v) is 6.60. The van der Waals surface area contributed by atoms with Crippen molar-refractivity contribution in [3.63, 3.8) is 0 Å². The fourth-order valence-corrected chi connectivity index (χ4v) is 2.40. The highest BCUT2D eigenvalue weighted by Gasteiger charge is 2.14. The zero-order valence-corrected chi connectivity index (χ0v) is 11.1. The number of hydrogen-bond acceptors (Lipinski definition) is 3. The van der Waals surface area contributed by atoms with Gasteiger partial charge < -0.3 is 4.74 Å². The van der Waals surface area contributed by atoms with Gasteiger partial charge in [0.2, 0.25) is 0 Å². The Hall–Kier alpha value is -0.740. The summed E-state index contributed by atoms with van der Waals surface area (Å²) >= 11 is 0. The first kappa shape index (κ1) is 13.3. The van der Waals surface area contributed by atoms with E-state index in [-0.39, 0.29) is 4.90 Å². The van der Waals surface area contributed by atoms with Crippen molar-refractivity contribution in [3.05, 3.63) is 23.8 Å². The smallest absolute Gasteiger partial charge is 0.261 e. The first-order valence-corrected chi connectivity index (χ1v) is 7.29. The average Bonchev–Trinajstić information content (AvgIpc) is 2.14. The van der Waals surface area contributed by atoms with Gasteiger partial charge in [0.1, 0.15) is 5.75 Å². The van der Waals surface area contributed by atoms with E-state index < -0.39 is 9.05 Å². The van der Waals surface area contributed by atoms with Crippen LogP contribution in [0, 0.1) is 12.8 Å². The fourth-order valence-electron chi connectivity index (χ4n) is 1.20. The molecule has 0 fully saturated rings. The van der Waals surface area contributed by atoms with Gasteiger partial charge in [-0.1, -0.05) is 19.9 Å². The Morgan fingerprint density at radius 3 is 2.50 bits per heavy atom. The second-order valence-electron chi connectivity index (χ2n) is 4.07. The maximum Gasteiger partial charge on any atom is 0.261 e. The standard InChI is InChI=1S/C11H15ClO3S/c1-8(2)7-15-10-5-4-9(3)11(6-10)16(12,13)14/h4-6,8H,7H2,1-3H3. The van der Waals surface area contributed by atoms with Crippen LogP contribution in [0.25, 0.3) is 0 Å². The summed E-state index contributed by atoms with van der Waals surface area (Å²) in [6.07, 6.45) is 0. The maximum absolute atomic E-state index is 11.3. The lowest BCUT2D eigenvalue weighted by atomic mass is 10.2. The lowest BCUT2D eigenvalue weighted by Crippen LogP contribution is -2.05. The number of rotatable bonds is 4. The van der Waals surface area contributed by atoms with Crippen molar-refractivity contribution in [2.75, 3.05) is 6.61 Å². The van der Waals surface area contributed by atoms with Gasteiger partial charge >= 0.3 is 0 Å². The van der Waals surface area contributed by atoms with E-state index >= 15 is 0 Å². The fraction of sp³-hybridized carbons (Fsp3) is 0.455. The van der Waals surface area contributed by atoms with Crippen LogP contribution in [-0.2, 0) is 9.05 Å². The van der Waals surface area contributed by atoms with Crippen molar-refractivity contribution < 1.29 is 13.2 Å². The molecule has 0 aliphatic rings. The minimum Gasteiger partial charge on any atom is -0.493 e. The van der Waals surface area contributed by atoms with E-state index in [9.17, 15) is 8.42 Å². The number of benzene rings is 1. The third-order valence-corrected chi connectivity index (χ3v) is 3.47. The van der Waals surface area contributed by atoms with Crippen LogP contribution in [0.15, 0.2) is 23.1 Å². The Labute approximate surface area is 101 Å². The Morgan fingerprint density at radius 1 is 1.38 bits per heavy atom. The highest BCUT2D eigenvalue weighted by Crippen LogP contribution is 2.24. The van der Waals surface area contributed by atoms with Gasteiger partial charge in [0.15, 0.2) is 0 Å². The predicted octanol–water partition coefficient (Wildman–Crippen LogP) is 2.96. The molecule has 0 aromatic heterocycles. The van der Waals surface area contributed by atoms with Crippen molar-refractivity contribution >= 4 is 19.7 Å². The van der Waals surface area contributed by atoms with Gasteiger partial charge in [-0.15, -0.1) is 0 Å². The van der Waals surface area contributed by atoms with Gasteiger partial charge in [-0.05, 0) is 24.5 Å². The third kappa shape index (κ3) is 3.68. The molecule has 0 unspecified atom stereocenters. The molecule has 0 amide bonds. The van der Waals surface area contributed by atoms with Crippen molar-refractivity contribution in [2.24, 2.45) is 5.92 Å². The number of halogens is 1. The average molecular weight is 263 g/mol. The molecule has 0 aliphatic carbocycles. The number of hydrogen-bond donors (Lipinski definition) is 0. The van der Waals surface area contributed by atoms with Crippen LogP contribution in [0.5, 0.6) is 5.75 Å². The van der Waals surface area contributed by atoms with Crippen molar-refractivity contribution in [2.45, 2.75) is 25.7 Å². The van der Waals surface area contributed by atoms with Gasteiger partial charge in [0, 0.05) is 16.7 Å². The minimum absolute atomic E-state index is 0.107. The molecule has 0 heterocycles. The van der Waals surface area contributed by atoms with Crippen molar-refractivity contribution in [1.82, 2.24) is 0 Å². The van der Waals surface area contributed by atoms with Crippen LogP contribution in [0.2, 0.25) is 0 Å². The molecule has 0 radical (unpaired) electrons. The Balaban J connectivity index is 2.99. The quantitative estimate of drug-likeness (QED) is 0.784. The summed E-state index contributed by atoms with van der Waals surface area (Å²) in [5.74, 6) is 0.913. The maximum atomic E-state index is 11.3. The first-order chi connectivity index (χ1) is 7.30. The van der Waals surface area contributed by atoms with E-state index in [0.29, 0.717) is 23.8 Å². The van der Waals surface area contributed by atoms with Crippen molar-refractivity contribution in [1.29, 1.82) is 0 Å². The SMILES string of the molecule is Cc1ccc(OCC(C)C)cc1S(=O)(=O)Cl. The molecule has 5 heteroatoms. The molecule has 0 bridgehead atoms. The summed E-state index contributed by atoms with van der Waals surface area (Å²) in [5, 5.41) is 0. The summed E-state index contributed by atoms with van der Waals surface area (Å²) in [6.45, 7) is 6.28. The van der Waals surface area contributed by atoms with E-state index in [0.717, 1.165) is 0 Å². The summed E-state index contributed by atoms with van der Waals surface area (Å²) in [5.41, 5.74) is 0.617. The Morgan fingerprint density at radius 2 is 2.00 bits per heavy atom. The van der Waals surface area contributed by atoms with Crippen LogP contribution in [0.4, 0.5) is 0 Å². The Kier molecular flexibility index (Phi) is 4.21. The molecular formula is C11H15ClO3S. The summed E-state index contributed by atoms with van der Waals surface area (Å²) in [4.78, 5) is 0.107. The van der Waals surface area contributed by atoms with Crippen LogP contribution < -0.4 is 4.74 Å². The molecular weight excluding hydrogens is 248 g/mol. The van der Waals surface area contributed by atoms with Crippen LogP contribution in [0.1, 0.15) is 19.4 Å². The minimum atomic E-state index is -3.70. The molecule has 0 saturated heterocycles. The van der Waals surface area contributed by atoms with Crippen LogP contribution in [-0.4, -0.2) is 15.0 Å². The summed E-state index contributed by atoms with van der Waals surface area (Å²) in [6, 6.07) is 4.88. The summed E-state index contributed by atoms with van der Waals surface area (Å²) in [7, 11) is 1.61. The van der Waals surface area contributed by atoms with Crippen molar-refractivity contribution in [3.8, 4) is 5.75 Å². The molecule has 0 aliphatic heterocycles. The van der Waals surface area contributed by atoms with E-state index in [1.54, 1.807) is 19.1 Å². The topological polar surface area (TPSA) is 43.4 Å². The Bertz CT molecular complexity index is 466. The lowest BCUT2D eigenvalue weighted by molar-refractivity contribution is 0.270. The molecule has 1 aromatic carbocycles. The highest BCUT2D eigenvalue weighted by atomic mass is 35.7. The molecule has 1 aromatic rings. The third-order valence-electron chi connectivity index (χ3n) is 2.01. The van der Waals surface area contributed by atoms with E-state index in [1.807, 2.05) is 13.8 Å². The highest BCUT2D eigenvalue weighted by molar-refractivity contribution is 8.13. The van der Waals surface area contributed by atoms with E-state index in [1.165, 1.54) is 6.07 Å². The van der Waals surface area contributed by atoms with Gasteiger partial charge in [-0.25, -0.2) is 8.42 Å². The molecule has 0 N–H and O–H groups in total. The number of aryl methyl sites for hydroxylation is 1. The zero-order valence-electron chi connectivity index (χ0n) is 9.53. The lowest BCUT2D eigenvalue weighted by Gasteiger charge is -2.10. The molecule has 3 nitrogen and oxygen atoms in total. The second kappa shape index (κ2) is 5.06. The zero-order chi connectivity index (χ0) is 12.3. The largest absolute Gasteiger partial charge is 0.493 e. The monoisotopic (exact) mass is 262 g/mol. The van der Waals surface area contributed by atoms with Gasteiger partial charge in [-0.2, -0.15) is 0 Å². The van der Waals surface area contributed by atoms with Gasteiger partial charge in [0.25, 0.3) is 9.05 Å². The van der Waals surface area contributed by atoms with Gasteiger partial charge in [0.05, 0.1) is 11.5 Å². The molecule has 16 heavy (non-hydrogen) atoms. The summed E-state index contributed by atoms with van der Waals surface area (Å²) < 4.78 is 27.9.